The summed E-state index contributed by atoms with van der Waals surface area (Å²) in [5.41, 5.74) is 3.83. The van der Waals surface area contributed by atoms with E-state index in [-0.39, 0.29) is 11.9 Å². The van der Waals surface area contributed by atoms with Crippen LogP contribution in [0.15, 0.2) is 24.3 Å². The summed E-state index contributed by atoms with van der Waals surface area (Å²) in [7, 11) is 2.12. The second-order valence-electron chi connectivity index (χ2n) is 6.88. The summed E-state index contributed by atoms with van der Waals surface area (Å²) in [4.78, 5) is 25.0. The number of carbonyl (C=O) groups is 1. The van der Waals surface area contributed by atoms with E-state index >= 15 is 0 Å². The minimum Gasteiger partial charge on any atom is -0.342 e. The molecule has 1 aromatic carbocycles. The van der Waals surface area contributed by atoms with Gasteiger partial charge in [0.25, 0.3) is 0 Å². The van der Waals surface area contributed by atoms with Crippen LogP contribution in [0.1, 0.15) is 18.3 Å². The van der Waals surface area contributed by atoms with Crippen LogP contribution in [-0.2, 0) is 4.79 Å². The zero-order valence-corrected chi connectivity index (χ0v) is 15.5. The molecular formula is C19H27N5O. The smallest absolute Gasteiger partial charge is 0.241 e. The van der Waals surface area contributed by atoms with Crippen molar-refractivity contribution in [3.8, 4) is 11.4 Å². The van der Waals surface area contributed by atoms with Gasteiger partial charge in [0.1, 0.15) is 5.82 Å². The van der Waals surface area contributed by atoms with Gasteiger partial charge in [-0.05, 0) is 40.0 Å². The molecule has 1 amide bonds. The number of H-pyrrole nitrogens is 1. The highest BCUT2D eigenvalue weighted by Crippen LogP contribution is 2.21. The zero-order valence-electron chi connectivity index (χ0n) is 15.5. The van der Waals surface area contributed by atoms with Crippen LogP contribution in [0.5, 0.6) is 0 Å². The van der Waals surface area contributed by atoms with Crippen LogP contribution in [0.3, 0.4) is 0 Å². The Kier molecular flexibility index (Phi) is 5.20. The standard InChI is InChI=1S/C19H27N5O/c1-13-14(2)21-18(20-13)16-6-5-7-17(12-16)22-19(25)15(3)24-10-8-23(4)9-11-24/h5-7,12,15H,8-11H2,1-4H3,(H,20,21)(H,22,25)/t15-/m0/s1. The van der Waals surface area contributed by atoms with E-state index in [1.165, 1.54) is 0 Å². The average molecular weight is 341 g/mol. The first kappa shape index (κ1) is 17.6. The van der Waals surface area contributed by atoms with Gasteiger partial charge in [-0.2, -0.15) is 0 Å². The minimum atomic E-state index is -0.134. The lowest BCUT2D eigenvalue weighted by Crippen LogP contribution is -2.51. The second-order valence-corrected chi connectivity index (χ2v) is 6.88. The quantitative estimate of drug-likeness (QED) is 0.895. The van der Waals surface area contributed by atoms with Gasteiger partial charge >= 0.3 is 0 Å². The van der Waals surface area contributed by atoms with Crippen LogP contribution in [0.2, 0.25) is 0 Å². The number of benzene rings is 1. The lowest BCUT2D eigenvalue weighted by Gasteiger charge is -2.35. The Morgan fingerprint density at radius 3 is 2.60 bits per heavy atom. The average Bonchev–Trinajstić information content (AvgIpc) is 2.94. The minimum absolute atomic E-state index is 0.0357. The monoisotopic (exact) mass is 341 g/mol. The maximum absolute atomic E-state index is 12.6. The summed E-state index contributed by atoms with van der Waals surface area (Å²) >= 11 is 0. The fourth-order valence-electron chi connectivity index (χ4n) is 3.05. The molecule has 1 atom stereocenters. The van der Waals surface area contributed by atoms with E-state index in [0.717, 1.165) is 54.6 Å². The van der Waals surface area contributed by atoms with Crippen molar-refractivity contribution in [1.82, 2.24) is 19.8 Å². The predicted molar refractivity (Wildman–Crippen MR) is 101 cm³/mol. The van der Waals surface area contributed by atoms with E-state index in [0.29, 0.717) is 0 Å². The number of aryl methyl sites for hydroxylation is 2. The Bertz CT molecular complexity index is 727. The van der Waals surface area contributed by atoms with Crippen LogP contribution < -0.4 is 5.32 Å². The molecule has 2 heterocycles. The number of amides is 1. The summed E-state index contributed by atoms with van der Waals surface area (Å²) in [6, 6.07) is 7.69. The van der Waals surface area contributed by atoms with Crippen molar-refractivity contribution in [1.29, 1.82) is 0 Å². The van der Waals surface area contributed by atoms with E-state index in [1.54, 1.807) is 0 Å². The highest BCUT2D eigenvalue weighted by atomic mass is 16.2. The van der Waals surface area contributed by atoms with E-state index < -0.39 is 0 Å². The number of piperazine rings is 1. The van der Waals surface area contributed by atoms with E-state index in [4.69, 9.17) is 0 Å². The molecule has 1 aromatic heterocycles. The summed E-state index contributed by atoms with van der Waals surface area (Å²) in [6.07, 6.45) is 0. The van der Waals surface area contributed by atoms with Gasteiger partial charge < -0.3 is 15.2 Å². The number of aromatic nitrogens is 2. The molecule has 1 fully saturated rings. The number of anilines is 1. The Hall–Kier alpha value is -2.18. The molecule has 1 aliphatic rings. The first-order valence-electron chi connectivity index (χ1n) is 8.81. The lowest BCUT2D eigenvalue weighted by molar-refractivity contribution is -0.121. The topological polar surface area (TPSA) is 64.3 Å². The summed E-state index contributed by atoms with van der Waals surface area (Å²) in [5, 5.41) is 3.05. The van der Waals surface area contributed by atoms with Crippen LogP contribution in [0.25, 0.3) is 11.4 Å². The first-order chi connectivity index (χ1) is 11.9. The Morgan fingerprint density at radius 2 is 1.96 bits per heavy atom. The number of nitrogens with zero attached hydrogens (tertiary/aromatic N) is 3. The Morgan fingerprint density at radius 1 is 1.24 bits per heavy atom. The van der Waals surface area contributed by atoms with Crippen molar-refractivity contribution in [2.45, 2.75) is 26.8 Å². The van der Waals surface area contributed by atoms with Gasteiger partial charge in [-0.25, -0.2) is 4.98 Å². The molecular weight excluding hydrogens is 314 g/mol. The number of carbonyl (C=O) groups excluding carboxylic acids is 1. The van der Waals surface area contributed by atoms with Gasteiger partial charge in [0.05, 0.1) is 11.7 Å². The number of aromatic amines is 1. The predicted octanol–water partition coefficient (Wildman–Crippen LogP) is 2.27. The molecule has 25 heavy (non-hydrogen) atoms. The van der Waals surface area contributed by atoms with E-state index in [1.807, 2.05) is 45.0 Å². The largest absolute Gasteiger partial charge is 0.342 e. The molecule has 0 saturated carbocycles. The van der Waals surface area contributed by atoms with Crippen molar-refractivity contribution in [2.75, 3.05) is 38.5 Å². The van der Waals surface area contributed by atoms with Gasteiger partial charge in [-0.3, -0.25) is 9.69 Å². The maximum Gasteiger partial charge on any atom is 0.241 e. The van der Waals surface area contributed by atoms with Gasteiger partial charge in [0, 0.05) is 43.1 Å². The van der Waals surface area contributed by atoms with E-state index in [9.17, 15) is 4.79 Å². The molecule has 0 bridgehead atoms. The third-order valence-electron chi connectivity index (χ3n) is 5.00. The maximum atomic E-state index is 12.6. The Labute approximate surface area is 149 Å². The summed E-state index contributed by atoms with van der Waals surface area (Å²) in [6.45, 7) is 9.83. The summed E-state index contributed by atoms with van der Waals surface area (Å²) < 4.78 is 0. The number of rotatable bonds is 4. The fourth-order valence-corrected chi connectivity index (χ4v) is 3.05. The third-order valence-corrected chi connectivity index (χ3v) is 5.00. The molecule has 2 N–H and O–H groups in total. The van der Waals surface area contributed by atoms with Gasteiger partial charge in [0.15, 0.2) is 0 Å². The molecule has 0 aliphatic carbocycles. The molecule has 2 aromatic rings. The normalized spacial score (nSPS) is 17.4. The third kappa shape index (κ3) is 4.08. The van der Waals surface area contributed by atoms with Crippen LogP contribution in [0.4, 0.5) is 5.69 Å². The molecule has 6 nitrogen and oxygen atoms in total. The molecule has 0 radical (unpaired) electrons. The molecule has 6 heteroatoms. The van der Waals surface area contributed by atoms with Crippen LogP contribution in [-0.4, -0.2) is 64.9 Å². The van der Waals surface area contributed by atoms with Crippen LogP contribution in [0, 0.1) is 13.8 Å². The van der Waals surface area contributed by atoms with Gasteiger partial charge in [0.2, 0.25) is 5.91 Å². The number of likely N-dealkylation sites (N-methyl/N-ethyl adjacent to an activating group) is 1. The zero-order chi connectivity index (χ0) is 18.0. The van der Waals surface area contributed by atoms with Crippen LogP contribution >= 0.6 is 0 Å². The fraction of sp³-hybridized carbons (Fsp3) is 0.474. The molecule has 134 valence electrons. The van der Waals surface area contributed by atoms with Crippen molar-refractivity contribution >= 4 is 11.6 Å². The van der Waals surface area contributed by atoms with E-state index in [2.05, 4.69) is 32.1 Å². The molecule has 0 unspecified atom stereocenters. The van der Waals surface area contributed by atoms with Gasteiger partial charge in [-0.1, -0.05) is 12.1 Å². The number of nitrogens with one attached hydrogen (secondary N) is 2. The van der Waals surface area contributed by atoms with Gasteiger partial charge in [-0.15, -0.1) is 0 Å². The SMILES string of the molecule is Cc1nc(-c2cccc(NC(=O)[C@H](C)N3CCN(C)CC3)c2)[nH]c1C. The Balaban J connectivity index is 1.68. The summed E-state index contributed by atoms with van der Waals surface area (Å²) in [5.74, 6) is 0.867. The first-order valence-corrected chi connectivity index (χ1v) is 8.81. The van der Waals surface area contributed by atoms with Crippen molar-refractivity contribution in [3.05, 3.63) is 35.7 Å². The molecule has 0 spiro atoms. The molecule has 1 aliphatic heterocycles. The highest BCUT2D eigenvalue weighted by Gasteiger charge is 2.24. The molecule has 3 rings (SSSR count). The van der Waals surface area contributed by atoms with Crippen molar-refractivity contribution in [2.24, 2.45) is 0 Å². The highest BCUT2D eigenvalue weighted by molar-refractivity contribution is 5.95. The number of imidazole rings is 1. The van der Waals surface area contributed by atoms with Crippen molar-refractivity contribution < 1.29 is 4.79 Å². The number of hydrogen-bond donors (Lipinski definition) is 2. The molecule has 1 saturated heterocycles. The van der Waals surface area contributed by atoms with Crippen molar-refractivity contribution in [3.63, 3.8) is 0 Å². The lowest BCUT2D eigenvalue weighted by atomic mass is 10.1. The number of hydrogen-bond acceptors (Lipinski definition) is 4. The second kappa shape index (κ2) is 7.37.